The number of nitrogens with zero attached hydrogens (tertiary/aromatic N) is 6. The van der Waals surface area contributed by atoms with Gasteiger partial charge in [0.25, 0.3) is 0 Å². The molecule has 0 N–H and O–H groups in total. The van der Waals surface area contributed by atoms with E-state index in [1.54, 1.807) is 0 Å². The summed E-state index contributed by atoms with van der Waals surface area (Å²) >= 11 is 0. The van der Waals surface area contributed by atoms with Crippen LogP contribution in [-0.2, 0) is 19.5 Å². The molecule has 79 heavy (non-hydrogen) atoms. The molecular weight excluding hydrogens is 1050 g/mol. The van der Waals surface area contributed by atoms with Crippen LogP contribution in [0, 0.1) is 0 Å². The number of fused-ring (bicyclic) bond motifs is 9. The second-order valence-corrected chi connectivity index (χ2v) is 19.0. The van der Waals surface area contributed by atoms with Crippen LogP contribution in [0.4, 0.5) is 0 Å². The van der Waals surface area contributed by atoms with Gasteiger partial charge in [-0.2, -0.15) is 0 Å². The Morgan fingerprint density at radius 3 is 0.684 bits per heavy atom. The van der Waals surface area contributed by atoms with E-state index >= 15 is 0 Å². The number of benzene rings is 9. The maximum Gasteiger partial charge on any atom is 0.0970 e. The number of hydrogen-bond acceptors (Lipinski definition) is 6. The van der Waals surface area contributed by atoms with E-state index in [0.717, 1.165) is 82.1 Å². The van der Waals surface area contributed by atoms with Gasteiger partial charge in [0.05, 0.1) is 33.1 Å². The topological polar surface area (TPSA) is 77.3 Å². The van der Waals surface area contributed by atoms with E-state index in [1.807, 2.05) is 110 Å². The van der Waals surface area contributed by atoms with Gasteiger partial charge in [-0.1, -0.05) is 218 Å². The third-order valence-electron chi connectivity index (χ3n) is 14.3. The van der Waals surface area contributed by atoms with Crippen LogP contribution < -0.4 is 0 Å². The molecule has 0 spiro atoms. The van der Waals surface area contributed by atoms with Crippen molar-refractivity contribution in [3.8, 4) is 66.8 Å². The van der Waals surface area contributed by atoms with Crippen molar-refractivity contribution in [3.05, 3.63) is 292 Å². The van der Waals surface area contributed by atoms with Crippen LogP contribution in [-0.4, -0.2) is 29.9 Å². The van der Waals surface area contributed by atoms with Crippen LogP contribution in [0.25, 0.3) is 132 Å². The fourth-order valence-corrected chi connectivity index (χ4v) is 10.4. The van der Waals surface area contributed by atoms with Crippen molar-refractivity contribution in [3.63, 3.8) is 0 Å². The van der Waals surface area contributed by atoms with Gasteiger partial charge >= 0.3 is 0 Å². The van der Waals surface area contributed by atoms with E-state index in [-0.39, 0.29) is 19.5 Å². The number of hydrogen-bond donors (Lipinski definition) is 0. The molecule has 374 valence electrons. The Morgan fingerprint density at radius 1 is 0.190 bits per heavy atom. The van der Waals surface area contributed by atoms with E-state index in [2.05, 4.69) is 197 Å². The van der Waals surface area contributed by atoms with Crippen molar-refractivity contribution >= 4 is 65.4 Å². The first-order chi connectivity index (χ1) is 38.7. The fourth-order valence-electron chi connectivity index (χ4n) is 10.4. The fraction of sp³-hybridized carbons (Fsp3) is 0. The van der Waals surface area contributed by atoms with Crippen molar-refractivity contribution in [2.75, 3.05) is 0 Å². The van der Waals surface area contributed by atoms with E-state index < -0.39 is 0 Å². The summed E-state index contributed by atoms with van der Waals surface area (Å²) in [5.74, 6) is 0. The minimum Gasteiger partial charge on any atom is -0.254 e. The Labute approximate surface area is 470 Å². The van der Waals surface area contributed by atoms with Gasteiger partial charge in [0.2, 0.25) is 0 Å². The monoisotopic (exact) mass is 1100 g/mol. The zero-order chi connectivity index (χ0) is 52.0. The van der Waals surface area contributed by atoms with Crippen LogP contribution in [0.1, 0.15) is 0 Å². The van der Waals surface area contributed by atoms with Crippen molar-refractivity contribution in [1.29, 1.82) is 0 Å². The summed E-state index contributed by atoms with van der Waals surface area (Å²) < 4.78 is 0. The normalized spacial score (nSPS) is 10.9. The molecule has 15 aromatic rings. The molecule has 15 rings (SSSR count). The molecule has 0 radical (unpaired) electrons. The molecule has 0 fully saturated rings. The van der Waals surface area contributed by atoms with Gasteiger partial charge in [0.15, 0.2) is 0 Å². The molecule has 0 aliphatic heterocycles. The molecule has 0 atom stereocenters. The third-order valence-corrected chi connectivity index (χ3v) is 14.3. The molecule has 0 aliphatic rings. The van der Waals surface area contributed by atoms with Crippen molar-refractivity contribution in [1.82, 2.24) is 29.9 Å². The zero-order valence-electron chi connectivity index (χ0n) is 42.7. The molecule has 0 unspecified atom stereocenters. The molecule has 6 heterocycles. The molecular formula is C72H48N6Ru. The number of pyridine rings is 6. The molecule has 7 heteroatoms. The largest absolute Gasteiger partial charge is 0.254 e. The number of rotatable bonds is 6. The Hall–Kier alpha value is -9.94. The first-order valence-electron chi connectivity index (χ1n) is 26.1. The van der Waals surface area contributed by atoms with E-state index in [4.69, 9.17) is 15.0 Å². The van der Waals surface area contributed by atoms with Gasteiger partial charge in [-0.15, -0.1) is 0 Å². The first kappa shape index (κ1) is 49.9. The maximum absolute atomic E-state index is 4.76. The molecule has 0 saturated heterocycles. The minimum atomic E-state index is 0. The van der Waals surface area contributed by atoms with Crippen molar-refractivity contribution in [2.24, 2.45) is 0 Å². The summed E-state index contributed by atoms with van der Waals surface area (Å²) in [5.41, 5.74) is 19.7. The minimum absolute atomic E-state index is 0. The predicted octanol–water partition coefficient (Wildman–Crippen LogP) is 18.3. The second-order valence-electron chi connectivity index (χ2n) is 19.0. The zero-order valence-corrected chi connectivity index (χ0v) is 44.5. The standard InChI is InChI=1S/3C24H16N2.Ru/c3*1-3-7-17(8-4-1)20-15-19-11-12-22-21(18-9-5-2-6-10-18)13-14-25-24(22)23(19)26-16-20;/h3*1-16H;. The number of aromatic nitrogens is 6. The summed E-state index contributed by atoms with van der Waals surface area (Å²) in [4.78, 5) is 28.2. The molecule has 6 aromatic heterocycles. The Bertz CT molecular complexity index is 4120. The van der Waals surface area contributed by atoms with Gasteiger partial charge in [0.1, 0.15) is 0 Å². The van der Waals surface area contributed by atoms with Gasteiger partial charge < -0.3 is 0 Å². The summed E-state index contributed by atoms with van der Waals surface area (Å²) in [6.07, 6.45) is 11.4. The second kappa shape index (κ2) is 22.7. The quantitative estimate of drug-likeness (QED) is 0.122. The van der Waals surface area contributed by atoms with Gasteiger partial charge in [-0.3, -0.25) is 29.9 Å². The van der Waals surface area contributed by atoms with Gasteiger partial charge in [-0.05, 0) is 86.5 Å². The first-order valence-corrected chi connectivity index (χ1v) is 26.1. The van der Waals surface area contributed by atoms with Gasteiger partial charge in [0, 0.05) is 106 Å². The van der Waals surface area contributed by atoms with Crippen LogP contribution in [0.5, 0.6) is 0 Å². The van der Waals surface area contributed by atoms with E-state index in [9.17, 15) is 0 Å². The van der Waals surface area contributed by atoms with E-state index in [0.29, 0.717) is 0 Å². The summed E-state index contributed by atoms with van der Waals surface area (Å²) in [6, 6.07) is 88.0. The smallest absolute Gasteiger partial charge is 0.0970 e. The molecule has 9 aromatic carbocycles. The molecule has 0 aliphatic carbocycles. The van der Waals surface area contributed by atoms with Crippen LogP contribution in [0.3, 0.4) is 0 Å². The summed E-state index contributed by atoms with van der Waals surface area (Å²) in [6.45, 7) is 0. The van der Waals surface area contributed by atoms with Crippen LogP contribution in [0.2, 0.25) is 0 Å². The third kappa shape index (κ3) is 10.3. The SMILES string of the molecule is [Ru].c1ccc(-c2cnc3c(ccc4c(-c5ccccc5)ccnc43)c2)cc1.c1ccc(-c2cnc3c(ccc4c(-c5ccccc5)ccnc43)c2)cc1.c1ccc(-c2cnc3c(ccc4c(-c5ccccc5)ccnc43)c2)cc1. The summed E-state index contributed by atoms with van der Waals surface area (Å²) in [7, 11) is 0. The summed E-state index contributed by atoms with van der Waals surface area (Å²) in [5, 5.41) is 6.72. The van der Waals surface area contributed by atoms with Crippen LogP contribution in [0.15, 0.2) is 292 Å². The van der Waals surface area contributed by atoms with Crippen molar-refractivity contribution in [2.45, 2.75) is 0 Å². The van der Waals surface area contributed by atoms with E-state index in [1.165, 1.54) is 50.1 Å². The molecule has 0 bridgehead atoms. The van der Waals surface area contributed by atoms with Crippen molar-refractivity contribution < 1.29 is 19.5 Å². The Morgan fingerprint density at radius 2 is 0.430 bits per heavy atom. The van der Waals surface area contributed by atoms with Crippen LogP contribution >= 0.6 is 0 Å². The average molecular weight is 1100 g/mol. The predicted molar refractivity (Wildman–Crippen MR) is 324 cm³/mol. The Balaban J connectivity index is 0.000000118. The van der Waals surface area contributed by atoms with Gasteiger partial charge in [-0.25, -0.2) is 0 Å². The molecule has 0 saturated carbocycles. The average Bonchev–Trinajstić information content (AvgIpc) is 3.72. The molecule has 0 amide bonds. The maximum atomic E-state index is 4.76. The molecule has 6 nitrogen and oxygen atoms in total. The Kier molecular flexibility index (Phi) is 14.4.